The lowest BCUT2D eigenvalue weighted by atomic mass is 10.0. The molecule has 1 unspecified atom stereocenters. The Hall–Kier alpha value is -2.89. The van der Waals surface area contributed by atoms with Crippen LogP contribution in [0.1, 0.15) is 34.5 Å². The molecule has 0 radical (unpaired) electrons. The zero-order chi connectivity index (χ0) is 17.0. The number of aryl methyl sites for hydroxylation is 1. The zero-order valence-electron chi connectivity index (χ0n) is 13.2. The molecule has 120 valence electrons. The smallest absolute Gasteiger partial charge is 0.285 e. The molecule has 2 aromatic carbocycles. The fourth-order valence-electron chi connectivity index (χ4n) is 2.46. The lowest BCUT2D eigenvalue weighted by Crippen LogP contribution is -2.27. The van der Waals surface area contributed by atoms with Crippen molar-refractivity contribution >= 4 is 11.6 Å². The Bertz CT molecular complexity index is 743. The second-order valence-electron chi connectivity index (χ2n) is 5.17. The van der Waals surface area contributed by atoms with Crippen LogP contribution in [0.2, 0.25) is 0 Å². The molecular formula is C17H18N2O4. The summed E-state index contributed by atoms with van der Waals surface area (Å²) in [5.74, 6) is 0.165. The highest BCUT2D eigenvalue weighted by molar-refractivity contribution is 5.98. The van der Waals surface area contributed by atoms with Gasteiger partial charge in [0.2, 0.25) is 0 Å². The van der Waals surface area contributed by atoms with Gasteiger partial charge in [0.1, 0.15) is 11.3 Å². The normalized spacial score (nSPS) is 11.6. The van der Waals surface area contributed by atoms with E-state index in [2.05, 4.69) is 5.32 Å². The van der Waals surface area contributed by atoms with Crippen LogP contribution in [0, 0.1) is 17.0 Å². The Labute approximate surface area is 134 Å². The van der Waals surface area contributed by atoms with Crippen LogP contribution in [0.3, 0.4) is 0 Å². The highest BCUT2D eigenvalue weighted by Gasteiger charge is 2.24. The molecule has 0 saturated carbocycles. The van der Waals surface area contributed by atoms with Crippen molar-refractivity contribution in [1.29, 1.82) is 0 Å². The second-order valence-corrected chi connectivity index (χ2v) is 5.17. The maximum Gasteiger partial charge on any atom is 0.285 e. The van der Waals surface area contributed by atoms with E-state index in [0.717, 1.165) is 5.56 Å². The lowest BCUT2D eigenvalue weighted by molar-refractivity contribution is -0.385. The minimum absolute atomic E-state index is 0.0525. The summed E-state index contributed by atoms with van der Waals surface area (Å²) in [4.78, 5) is 23.1. The summed E-state index contributed by atoms with van der Waals surface area (Å²) in [5, 5.41) is 14.0. The van der Waals surface area contributed by atoms with Crippen LogP contribution in [0.15, 0.2) is 42.5 Å². The van der Waals surface area contributed by atoms with Crippen molar-refractivity contribution in [1.82, 2.24) is 5.32 Å². The number of nitro groups is 1. The first-order chi connectivity index (χ1) is 11.0. The van der Waals surface area contributed by atoms with Crippen molar-refractivity contribution in [2.75, 3.05) is 7.11 Å². The van der Waals surface area contributed by atoms with Crippen LogP contribution < -0.4 is 10.1 Å². The van der Waals surface area contributed by atoms with Crippen molar-refractivity contribution in [3.63, 3.8) is 0 Å². The summed E-state index contributed by atoms with van der Waals surface area (Å²) in [6, 6.07) is 11.7. The minimum atomic E-state index is -0.530. The number of methoxy groups -OCH3 is 1. The number of nitrogens with zero attached hydrogens (tertiary/aromatic N) is 1. The molecule has 1 N–H and O–H groups in total. The number of ether oxygens (including phenoxy) is 1. The predicted octanol–water partition coefficient (Wildman–Crippen LogP) is 3.40. The summed E-state index contributed by atoms with van der Waals surface area (Å²) < 4.78 is 5.28. The van der Waals surface area contributed by atoms with E-state index in [1.807, 2.05) is 18.2 Å². The topological polar surface area (TPSA) is 81.5 Å². The van der Waals surface area contributed by atoms with E-state index in [4.69, 9.17) is 4.74 Å². The largest absolute Gasteiger partial charge is 0.496 e. The molecule has 0 bridgehead atoms. The van der Waals surface area contributed by atoms with E-state index in [0.29, 0.717) is 11.3 Å². The zero-order valence-corrected chi connectivity index (χ0v) is 13.2. The monoisotopic (exact) mass is 314 g/mol. The number of benzene rings is 2. The average Bonchev–Trinajstić information content (AvgIpc) is 2.53. The quantitative estimate of drug-likeness (QED) is 0.677. The number of nitro benzene ring substituents is 1. The van der Waals surface area contributed by atoms with Gasteiger partial charge in [-0.15, -0.1) is 0 Å². The molecule has 0 aromatic heterocycles. The van der Waals surface area contributed by atoms with Gasteiger partial charge in [-0.1, -0.05) is 30.3 Å². The van der Waals surface area contributed by atoms with Gasteiger partial charge < -0.3 is 10.1 Å². The third-order valence-electron chi connectivity index (χ3n) is 3.62. The maximum atomic E-state index is 12.4. The fourth-order valence-corrected chi connectivity index (χ4v) is 2.46. The molecule has 0 aliphatic heterocycles. The first kappa shape index (κ1) is 16.5. The molecule has 23 heavy (non-hydrogen) atoms. The van der Waals surface area contributed by atoms with E-state index in [1.165, 1.54) is 6.07 Å². The molecule has 1 atom stereocenters. The van der Waals surface area contributed by atoms with Crippen LogP contribution in [0.4, 0.5) is 5.69 Å². The van der Waals surface area contributed by atoms with Crippen molar-refractivity contribution in [3.8, 4) is 5.75 Å². The van der Waals surface area contributed by atoms with Gasteiger partial charge in [-0.2, -0.15) is 0 Å². The summed E-state index contributed by atoms with van der Waals surface area (Å²) >= 11 is 0. The fraction of sp³-hybridized carbons (Fsp3) is 0.235. The molecule has 1 amide bonds. The first-order valence-corrected chi connectivity index (χ1v) is 7.13. The van der Waals surface area contributed by atoms with E-state index >= 15 is 0 Å². The van der Waals surface area contributed by atoms with E-state index in [9.17, 15) is 14.9 Å². The van der Waals surface area contributed by atoms with Gasteiger partial charge in [0, 0.05) is 11.1 Å². The van der Waals surface area contributed by atoms with Crippen LogP contribution in [-0.2, 0) is 0 Å². The number of hydrogen-bond donors (Lipinski definition) is 1. The van der Waals surface area contributed by atoms with Gasteiger partial charge in [0.05, 0.1) is 18.1 Å². The molecule has 0 heterocycles. The summed E-state index contributed by atoms with van der Waals surface area (Å²) in [6.07, 6.45) is 0. The van der Waals surface area contributed by atoms with Gasteiger partial charge in [-0.05, 0) is 26.0 Å². The summed E-state index contributed by atoms with van der Waals surface area (Å²) in [6.45, 7) is 3.41. The van der Waals surface area contributed by atoms with Gasteiger partial charge in [0.25, 0.3) is 11.6 Å². The Morgan fingerprint density at radius 3 is 2.57 bits per heavy atom. The van der Waals surface area contributed by atoms with Gasteiger partial charge in [-0.3, -0.25) is 14.9 Å². The van der Waals surface area contributed by atoms with E-state index in [-0.39, 0.29) is 17.3 Å². The molecule has 0 aliphatic carbocycles. The number of amides is 1. The van der Waals surface area contributed by atoms with Crippen LogP contribution in [0.25, 0.3) is 0 Å². The Kier molecular flexibility index (Phi) is 4.95. The SMILES string of the molecule is COc1ccccc1C(C)NC(=O)c1cccc(C)c1[N+](=O)[O-]. The Morgan fingerprint density at radius 1 is 1.22 bits per heavy atom. The predicted molar refractivity (Wildman–Crippen MR) is 86.7 cm³/mol. The first-order valence-electron chi connectivity index (χ1n) is 7.13. The van der Waals surface area contributed by atoms with Crippen LogP contribution in [0.5, 0.6) is 5.75 Å². The molecule has 0 saturated heterocycles. The van der Waals surface area contributed by atoms with Crippen LogP contribution in [-0.4, -0.2) is 17.9 Å². The van der Waals surface area contributed by atoms with Gasteiger partial charge >= 0.3 is 0 Å². The third kappa shape index (κ3) is 3.48. The summed E-state index contributed by atoms with van der Waals surface area (Å²) in [7, 11) is 1.55. The third-order valence-corrected chi connectivity index (χ3v) is 3.62. The second kappa shape index (κ2) is 6.91. The molecule has 2 aromatic rings. The molecule has 6 nitrogen and oxygen atoms in total. The highest BCUT2D eigenvalue weighted by Crippen LogP contribution is 2.27. The van der Waals surface area contributed by atoms with Crippen LogP contribution >= 0.6 is 0 Å². The number of para-hydroxylation sites is 2. The molecule has 0 aliphatic rings. The minimum Gasteiger partial charge on any atom is -0.496 e. The number of nitrogens with one attached hydrogen (secondary N) is 1. The van der Waals surface area contributed by atoms with Crippen molar-refractivity contribution in [2.24, 2.45) is 0 Å². The molecule has 6 heteroatoms. The van der Waals surface area contributed by atoms with Crippen molar-refractivity contribution in [3.05, 3.63) is 69.3 Å². The van der Waals surface area contributed by atoms with Gasteiger partial charge in [-0.25, -0.2) is 0 Å². The molecule has 0 fully saturated rings. The van der Waals surface area contributed by atoms with Gasteiger partial charge in [0.15, 0.2) is 0 Å². The molecular weight excluding hydrogens is 296 g/mol. The van der Waals surface area contributed by atoms with E-state index in [1.54, 1.807) is 39.2 Å². The maximum absolute atomic E-state index is 12.4. The lowest BCUT2D eigenvalue weighted by Gasteiger charge is -2.17. The number of hydrogen-bond acceptors (Lipinski definition) is 4. The molecule has 0 spiro atoms. The Balaban J connectivity index is 2.29. The van der Waals surface area contributed by atoms with Crippen molar-refractivity contribution in [2.45, 2.75) is 19.9 Å². The molecule has 2 rings (SSSR count). The summed E-state index contributed by atoms with van der Waals surface area (Å²) in [5.41, 5.74) is 1.14. The highest BCUT2D eigenvalue weighted by atomic mass is 16.6. The van der Waals surface area contributed by atoms with Crippen molar-refractivity contribution < 1.29 is 14.5 Å². The number of carbonyl (C=O) groups is 1. The average molecular weight is 314 g/mol. The standard InChI is InChI=1S/C17H18N2O4/c1-11-7-6-9-14(16(11)19(21)22)17(20)18-12(2)13-8-4-5-10-15(13)23-3/h4-10,12H,1-3H3,(H,18,20). The number of carbonyl (C=O) groups excluding carboxylic acids is 1. The number of rotatable bonds is 5. The van der Waals surface area contributed by atoms with E-state index < -0.39 is 10.8 Å². The Morgan fingerprint density at radius 2 is 1.91 bits per heavy atom.